The van der Waals surface area contributed by atoms with Crippen molar-refractivity contribution in [1.29, 1.82) is 0 Å². The van der Waals surface area contributed by atoms with Crippen molar-refractivity contribution in [2.24, 2.45) is 0 Å². The van der Waals surface area contributed by atoms with Crippen molar-refractivity contribution in [1.82, 2.24) is 4.90 Å². The molecule has 29 heavy (non-hydrogen) atoms. The van der Waals surface area contributed by atoms with E-state index in [1.165, 1.54) is 0 Å². The summed E-state index contributed by atoms with van der Waals surface area (Å²) in [6, 6.07) is 12.9. The van der Waals surface area contributed by atoms with Crippen LogP contribution in [-0.4, -0.2) is 43.0 Å². The highest BCUT2D eigenvalue weighted by atomic mass is 16.2. The fourth-order valence-corrected chi connectivity index (χ4v) is 3.63. The Morgan fingerprint density at radius 3 is 2.14 bits per heavy atom. The number of carbonyl (C=O) groups is 2. The van der Waals surface area contributed by atoms with Gasteiger partial charge in [0.05, 0.1) is 5.56 Å². The average molecular weight is 395 g/mol. The topological polar surface area (TPSA) is 64.7 Å². The molecule has 1 fully saturated rings. The predicted molar refractivity (Wildman–Crippen MR) is 119 cm³/mol. The fourth-order valence-electron chi connectivity index (χ4n) is 3.63. The average Bonchev–Trinajstić information content (AvgIpc) is 3.25. The highest BCUT2D eigenvalue weighted by Gasteiger charge is 2.23. The molecule has 2 N–H and O–H groups in total. The molecule has 1 aliphatic heterocycles. The molecule has 6 nitrogen and oxygen atoms in total. The zero-order valence-corrected chi connectivity index (χ0v) is 17.5. The summed E-state index contributed by atoms with van der Waals surface area (Å²) < 4.78 is 0. The van der Waals surface area contributed by atoms with Crippen molar-refractivity contribution in [3.8, 4) is 0 Å². The summed E-state index contributed by atoms with van der Waals surface area (Å²) in [5, 5.41) is 5.68. The molecule has 6 heteroatoms. The lowest BCUT2D eigenvalue weighted by atomic mass is 10.1. The smallest absolute Gasteiger partial charge is 0.323 e. The first-order valence-corrected chi connectivity index (χ1v) is 10.3. The second kappa shape index (κ2) is 9.45. The number of nitrogens with one attached hydrogen (secondary N) is 2. The van der Waals surface area contributed by atoms with Gasteiger partial charge < -0.3 is 20.4 Å². The number of aryl methyl sites for hydroxylation is 1. The van der Waals surface area contributed by atoms with E-state index in [9.17, 15) is 9.59 Å². The van der Waals surface area contributed by atoms with Crippen molar-refractivity contribution < 1.29 is 9.59 Å². The molecule has 1 heterocycles. The van der Waals surface area contributed by atoms with Crippen LogP contribution in [0, 0.1) is 6.92 Å². The Labute approximate surface area is 172 Å². The molecule has 0 atom stereocenters. The number of hydrogen-bond donors (Lipinski definition) is 2. The molecule has 1 saturated heterocycles. The third-order valence-corrected chi connectivity index (χ3v) is 5.29. The molecule has 2 aromatic rings. The largest absolute Gasteiger partial charge is 0.371 e. The molecule has 0 bridgehead atoms. The summed E-state index contributed by atoms with van der Waals surface area (Å²) in [5.74, 6) is -0.000470. The Balaban J connectivity index is 1.81. The van der Waals surface area contributed by atoms with Crippen LogP contribution in [0.15, 0.2) is 42.5 Å². The van der Waals surface area contributed by atoms with E-state index in [4.69, 9.17) is 0 Å². The van der Waals surface area contributed by atoms with E-state index in [0.29, 0.717) is 24.3 Å². The Hall–Kier alpha value is -3.02. The van der Waals surface area contributed by atoms with Crippen molar-refractivity contribution in [2.75, 3.05) is 41.7 Å². The Morgan fingerprint density at radius 1 is 0.931 bits per heavy atom. The van der Waals surface area contributed by atoms with E-state index in [0.717, 1.165) is 42.9 Å². The van der Waals surface area contributed by atoms with Crippen LogP contribution >= 0.6 is 0 Å². The molecule has 0 aromatic heterocycles. The number of urea groups is 1. The maximum atomic E-state index is 13.1. The van der Waals surface area contributed by atoms with Crippen LogP contribution in [0.5, 0.6) is 0 Å². The van der Waals surface area contributed by atoms with Gasteiger partial charge in [-0.1, -0.05) is 17.7 Å². The lowest BCUT2D eigenvalue weighted by molar-refractivity contribution is 0.0773. The number of anilines is 3. The van der Waals surface area contributed by atoms with Gasteiger partial charge in [0.25, 0.3) is 5.91 Å². The second-order valence-electron chi connectivity index (χ2n) is 7.35. The summed E-state index contributed by atoms with van der Waals surface area (Å²) in [5.41, 5.74) is 4.05. The third-order valence-electron chi connectivity index (χ3n) is 5.29. The molecule has 0 spiro atoms. The maximum Gasteiger partial charge on any atom is 0.323 e. The van der Waals surface area contributed by atoms with Crippen LogP contribution in [0.4, 0.5) is 21.9 Å². The van der Waals surface area contributed by atoms with Gasteiger partial charge in [-0.25, -0.2) is 4.79 Å². The van der Waals surface area contributed by atoms with E-state index in [2.05, 4.69) is 15.5 Å². The lowest BCUT2D eigenvalue weighted by Crippen LogP contribution is -2.32. The minimum absolute atomic E-state index is 0.000470. The van der Waals surface area contributed by atoms with E-state index in [-0.39, 0.29) is 11.9 Å². The van der Waals surface area contributed by atoms with Crippen LogP contribution < -0.4 is 15.5 Å². The van der Waals surface area contributed by atoms with Gasteiger partial charge in [-0.3, -0.25) is 4.79 Å². The zero-order valence-electron chi connectivity index (χ0n) is 17.5. The van der Waals surface area contributed by atoms with Gasteiger partial charge in [-0.15, -0.1) is 0 Å². The van der Waals surface area contributed by atoms with Gasteiger partial charge in [-0.2, -0.15) is 0 Å². The number of rotatable bonds is 6. The van der Waals surface area contributed by atoms with Crippen LogP contribution in [0.3, 0.4) is 0 Å². The predicted octanol–water partition coefficient (Wildman–Crippen LogP) is 4.72. The Morgan fingerprint density at radius 2 is 1.52 bits per heavy atom. The van der Waals surface area contributed by atoms with Gasteiger partial charge in [-0.05, 0) is 63.9 Å². The normalized spacial score (nSPS) is 13.3. The van der Waals surface area contributed by atoms with E-state index < -0.39 is 0 Å². The number of amides is 3. The zero-order chi connectivity index (χ0) is 20.8. The molecular formula is C23H30N4O2. The number of carbonyl (C=O) groups excluding carboxylic acids is 2. The van der Waals surface area contributed by atoms with Gasteiger partial charge in [0.2, 0.25) is 0 Å². The summed E-state index contributed by atoms with van der Waals surface area (Å²) >= 11 is 0. The first kappa shape index (κ1) is 20.7. The molecule has 0 saturated carbocycles. The molecule has 0 unspecified atom stereocenters. The molecule has 0 aliphatic carbocycles. The summed E-state index contributed by atoms with van der Waals surface area (Å²) in [6.45, 7) is 9.18. The van der Waals surface area contributed by atoms with Gasteiger partial charge in [0, 0.05) is 43.2 Å². The minimum Gasteiger partial charge on any atom is -0.371 e. The Bertz CT molecular complexity index is 854. The number of nitrogens with zero attached hydrogens (tertiary/aromatic N) is 2. The van der Waals surface area contributed by atoms with Crippen LogP contribution in [0.25, 0.3) is 0 Å². The van der Waals surface area contributed by atoms with Crippen LogP contribution in [0.2, 0.25) is 0 Å². The summed E-state index contributed by atoms with van der Waals surface area (Å²) in [6.07, 6.45) is 2.27. The van der Waals surface area contributed by atoms with E-state index in [1.54, 1.807) is 6.07 Å². The first-order chi connectivity index (χ1) is 14.0. The summed E-state index contributed by atoms with van der Waals surface area (Å²) in [4.78, 5) is 29.6. The maximum absolute atomic E-state index is 13.1. The number of hydrogen-bond acceptors (Lipinski definition) is 3. The fraction of sp³-hybridized carbons (Fsp3) is 0.391. The highest BCUT2D eigenvalue weighted by molar-refractivity contribution is 6.04. The van der Waals surface area contributed by atoms with Crippen LogP contribution in [0.1, 0.15) is 42.6 Å². The SMILES string of the molecule is CCN(CC)C(=O)c1cc(NC(=O)Nc2ccc(C)cc2)ccc1N1CCCC1. The minimum atomic E-state index is -0.330. The molecule has 154 valence electrons. The number of benzene rings is 2. The van der Waals surface area contributed by atoms with Crippen molar-refractivity contribution in [2.45, 2.75) is 33.6 Å². The quantitative estimate of drug-likeness (QED) is 0.745. The molecular weight excluding hydrogens is 364 g/mol. The molecule has 1 aliphatic rings. The molecule has 0 radical (unpaired) electrons. The third kappa shape index (κ3) is 5.08. The van der Waals surface area contributed by atoms with E-state index >= 15 is 0 Å². The molecule has 3 rings (SSSR count). The van der Waals surface area contributed by atoms with Crippen molar-refractivity contribution in [3.63, 3.8) is 0 Å². The highest BCUT2D eigenvalue weighted by Crippen LogP contribution is 2.29. The van der Waals surface area contributed by atoms with Crippen molar-refractivity contribution in [3.05, 3.63) is 53.6 Å². The van der Waals surface area contributed by atoms with E-state index in [1.807, 2.05) is 62.1 Å². The standard InChI is InChI=1S/C23H30N4O2/c1-4-26(5-2)22(28)20-16-19(12-13-21(20)27-14-6-7-15-27)25-23(29)24-18-10-8-17(3)9-11-18/h8-13,16H,4-7,14-15H2,1-3H3,(H2,24,25,29). The Kier molecular flexibility index (Phi) is 6.75. The van der Waals surface area contributed by atoms with Gasteiger partial charge in [0.15, 0.2) is 0 Å². The second-order valence-corrected chi connectivity index (χ2v) is 7.35. The van der Waals surface area contributed by atoms with Gasteiger partial charge in [0.1, 0.15) is 0 Å². The van der Waals surface area contributed by atoms with Gasteiger partial charge >= 0.3 is 6.03 Å². The monoisotopic (exact) mass is 394 g/mol. The van der Waals surface area contributed by atoms with Crippen LogP contribution in [-0.2, 0) is 0 Å². The van der Waals surface area contributed by atoms with Crippen molar-refractivity contribution >= 4 is 29.0 Å². The molecule has 3 amide bonds. The molecule has 2 aromatic carbocycles. The lowest BCUT2D eigenvalue weighted by Gasteiger charge is -2.25. The first-order valence-electron chi connectivity index (χ1n) is 10.3. The summed E-state index contributed by atoms with van der Waals surface area (Å²) in [7, 11) is 0.